The van der Waals surface area contributed by atoms with Gasteiger partial charge in [-0.05, 0) is 42.2 Å². The van der Waals surface area contributed by atoms with Crippen molar-refractivity contribution < 1.29 is 9.21 Å². The number of carbonyl (C=O) groups is 1. The average Bonchev–Trinajstić information content (AvgIpc) is 3.05. The molecule has 0 radical (unpaired) electrons. The third-order valence-corrected chi connectivity index (χ3v) is 5.97. The van der Waals surface area contributed by atoms with Gasteiger partial charge in [0.15, 0.2) is 4.80 Å². The highest BCUT2D eigenvalue weighted by Crippen LogP contribution is 2.24. The average molecular weight is 407 g/mol. The fraction of sp³-hybridized carbons (Fsp3) is 0.261. The van der Waals surface area contributed by atoms with Crippen LogP contribution >= 0.6 is 11.3 Å². The van der Waals surface area contributed by atoms with Crippen LogP contribution in [-0.4, -0.2) is 10.5 Å². The van der Waals surface area contributed by atoms with Gasteiger partial charge in [0.05, 0.1) is 15.6 Å². The Morgan fingerprint density at radius 2 is 2.00 bits per heavy atom. The number of benzene rings is 2. The van der Waals surface area contributed by atoms with Crippen LogP contribution in [0, 0.1) is 0 Å². The van der Waals surface area contributed by atoms with Crippen LogP contribution in [0.2, 0.25) is 0 Å². The van der Waals surface area contributed by atoms with E-state index in [0.29, 0.717) is 21.7 Å². The van der Waals surface area contributed by atoms with Crippen LogP contribution < -0.4 is 10.2 Å². The first-order valence-electron chi connectivity index (χ1n) is 9.72. The molecule has 0 fully saturated rings. The van der Waals surface area contributed by atoms with Gasteiger partial charge in [0.25, 0.3) is 5.91 Å². The lowest BCUT2D eigenvalue weighted by Crippen LogP contribution is -2.20. The minimum Gasteiger partial charge on any atom is -0.463 e. The SMILES string of the molecule is CCCn1c(=NC(=O)c2coc3ccccc3c2=O)sc2cc(C(C)C)ccc21. The van der Waals surface area contributed by atoms with Crippen LogP contribution in [0.25, 0.3) is 21.2 Å². The predicted octanol–water partition coefficient (Wildman–Crippen LogP) is 5.08. The molecule has 148 valence electrons. The fourth-order valence-corrected chi connectivity index (χ4v) is 4.45. The number of thiazole rings is 1. The Kier molecular flexibility index (Phi) is 5.20. The number of aryl methyl sites for hydroxylation is 1. The van der Waals surface area contributed by atoms with E-state index in [-0.39, 0.29) is 11.0 Å². The molecule has 0 aliphatic carbocycles. The summed E-state index contributed by atoms with van der Waals surface area (Å²) in [6.45, 7) is 7.15. The molecule has 0 N–H and O–H groups in total. The van der Waals surface area contributed by atoms with Crippen molar-refractivity contribution in [1.29, 1.82) is 0 Å². The number of nitrogens with zero attached hydrogens (tertiary/aromatic N) is 2. The van der Waals surface area contributed by atoms with Gasteiger partial charge in [-0.25, -0.2) is 0 Å². The van der Waals surface area contributed by atoms with Crippen molar-refractivity contribution in [2.45, 2.75) is 39.7 Å². The predicted molar refractivity (Wildman–Crippen MR) is 117 cm³/mol. The zero-order valence-corrected chi connectivity index (χ0v) is 17.5. The van der Waals surface area contributed by atoms with Gasteiger partial charge in [0.1, 0.15) is 17.4 Å². The molecule has 0 saturated carbocycles. The third-order valence-electron chi connectivity index (χ3n) is 4.93. The maximum atomic E-state index is 12.9. The quantitative estimate of drug-likeness (QED) is 0.474. The van der Waals surface area contributed by atoms with Gasteiger partial charge in [0, 0.05) is 6.54 Å². The lowest BCUT2D eigenvalue weighted by molar-refractivity contribution is 0.0995. The Balaban J connectivity index is 1.87. The molecule has 5 nitrogen and oxygen atoms in total. The summed E-state index contributed by atoms with van der Waals surface area (Å²) in [6, 6.07) is 13.3. The van der Waals surface area contributed by atoms with Crippen molar-refractivity contribution in [3.63, 3.8) is 0 Å². The molecule has 0 aliphatic rings. The second-order valence-electron chi connectivity index (χ2n) is 7.31. The molecule has 0 saturated heterocycles. The van der Waals surface area contributed by atoms with E-state index in [1.807, 2.05) is 4.57 Å². The number of amides is 1. The van der Waals surface area contributed by atoms with Gasteiger partial charge in [-0.1, -0.05) is 50.3 Å². The first kappa shape index (κ1) is 19.3. The highest BCUT2D eigenvalue weighted by molar-refractivity contribution is 7.16. The normalized spacial score (nSPS) is 12.3. The van der Waals surface area contributed by atoms with E-state index in [4.69, 9.17) is 4.42 Å². The number of fused-ring (bicyclic) bond motifs is 2. The van der Waals surface area contributed by atoms with E-state index in [1.165, 1.54) is 23.2 Å². The molecule has 0 aliphatic heterocycles. The molecule has 2 aromatic carbocycles. The summed E-state index contributed by atoms with van der Waals surface area (Å²) in [4.78, 5) is 30.5. The van der Waals surface area contributed by atoms with Gasteiger partial charge in [-0.15, -0.1) is 0 Å². The van der Waals surface area contributed by atoms with E-state index in [1.54, 1.807) is 24.3 Å². The van der Waals surface area contributed by atoms with Gasteiger partial charge in [0.2, 0.25) is 5.43 Å². The van der Waals surface area contributed by atoms with Gasteiger partial charge >= 0.3 is 0 Å². The number of rotatable bonds is 4. The lowest BCUT2D eigenvalue weighted by Gasteiger charge is -2.06. The summed E-state index contributed by atoms with van der Waals surface area (Å²) in [5.74, 6) is -0.157. The zero-order valence-electron chi connectivity index (χ0n) is 16.6. The number of hydrogen-bond acceptors (Lipinski definition) is 4. The third kappa shape index (κ3) is 3.56. The Labute approximate surface area is 171 Å². The molecule has 0 atom stereocenters. The van der Waals surface area contributed by atoms with Crippen LogP contribution in [0.4, 0.5) is 0 Å². The molecular formula is C23H22N2O3S. The molecule has 0 unspecified atom stereocenters. The Morgan fingerprint density at radius 3 is 2.76 bits per heavy atom. The molecule has 4 aromatic rings. The van der Waals surface area contributed by atoms with Gasteiger partial charge in [-0.3, -0.25) is 9.59 Å². The number of para-hydroxylation sites is 1. The number of carbonyl (C=O) groups excluding carboxylic acids is 1. The number of aromatic nitrogens is 1. The van der Waals surface area contributed by atoms with E-state index in [0.717, 1.165) is 23.2 Å². The van der Waals surface area contributed by atoms with Crippen LogP contribution in [0.1, 0.15) is 49.0 Å². The van der Waals surface area contributed by atoms with Gasteiger partial charge in [-0.2, -0.15) is 4.99 Å². The Bertz CT molecular complexity index is 1340. The summed E-state index contributed by atoms with van der Waals surface area (Å²) < 4.78 is 8.61. The van der Waals surface area contributed by atoms with E-state index >= 15 is 0 Å². The smallest absolute Gasteiger partial charge is 0.286 e. The molecule has 0 spiro atoms. The number of hydrogen-bond donors (Lipinski definition) is 0. The molecule has 29 heavy (non-hydrogen) atoms. The molecule has 4 rings (SSSR count). The highest BCUT2D eigenvalue weighted by atomic mass is 32.1. The van der Waals surface area contributed by atoms with Crippen molar-refractivity contribution >= 4 is 38.4 Å². The standard InChI is InChI=1S/C23H22N2O3S/c1-4-11-25-18-10-9-15(14(2)3)12-20(18)29-23(25)24-22(27)17-13-28-19-8-6-5-7-16(19)21(17)26/h5-10,12-14H,4,11H2,1-3H3. The summed E-state index contributed by atoms with van der Waals surface area (Å²) in [6.07, 6.45) is 2.13. The van der Waals surface area contributed by atoms with Crippen LogP contribution in [-0.2, 0) is 6.54 Å². The van der Waals surface area contributed by atoms with E-state index < -0.39 is 5.91 Å². The van der Waals surface area contributed by atoms with Crippen molar-refractivity contribution in [3.8, 4) is 0 Å². The van der Waals surface area contributed by atoms with Crippen LogP contribution in [0.3, 0.4) is 0 Å². The van der Waals surface area contributed by atoms with E-state index in [2.05, 4.69) is 44.0 Å². The van der Waals surface area contributed by atoms with Crippen molar-refractivity contribution in [2.75, 3.05) is 0 Å². The van der Waals surface area contributed by atoms with Crippen LogP contribution in [0.15, 0.2) is 62.9 Å². The molecule has 1 amide bonds. The second kappa shape index (κ2) is 7.79. The summed E-state index contributed by atoms with van der Waals surface area (Å²) >= 11 is 1.47. The fourth-order valence-electron chi connectivity index (χ4n) is 3.35. The topological polar surface area (TPSA) is 64.6 Å². The largest absolute Gasteiger partial charge is 0.463 e. The molecule has 2 aromatic heterocycles. The zero-order chi connectivity index (χ0) is 20.5. The molecular weight excluding hydrogens is 384 g/mol. The first-order valence-corrected chi connectivity index (χ1v) is 10.5. The lowest BCUT2D eigenvalue weighted by atomic mass is 10.0. The van der Waals surface area contributed by atoms with Crippen molar-refractivity contribution in [3.05, 3.63) is 74.9 Å². The molecule has 2 heterocycles. The summed E-state index contributed by atoms with van der Waals surface area (Å²) in [5, 5.41) is 0.382. The molecule has 0 bridgehead atoms. The van der Waals surface area contributed by atoms with Crippen LogP contribution in [0.5, 0.6) is 0 Å². The highest BCUT2D eigenvalue weighted by Gasteiger charge is 2.15. The maximum absolute atomic E-state index is 12.9. The van der Waals surface area contributed by atoms with Gasteiger partial charge < -0.3 is 8.98 Å². The van der Waals surface area contributed by atoms with E-state index in [9.17, 15) is 9.59 Å². The monoisotopic (exact) mass is 406 g/mol. The maximum Gasteiger partial charge on any atom is 0.286 e. The second-order valence-corrected chi connectivity index (χ2v) is 8.32. The Hall–Kier alpha value is -2.99. The summed E-state index contributed by atoms with van der Waals surface area (Å²) in [5.41, 5.74) is 2.35. The van der Waals surface area contributed by atoms with Crippen molar-refractivity contribution in [1.82, 2.24) is 4.57 Å². The summed E-state index contributed by atoms with van der Waals surface area (Å²) in [7, 11) is 0. The molecule has 6 heteroatoms. The van der Waals surface area contributed by atoms with Crippen molar-refractivity contribution in [2.24, 2.45) is 4.99 Å². The Morgan fingerprint density at radius 1 is 1.21 bits per heavy atom. The first-order chi connectivity index (χ1) is 14.0. The minimum absolute atomic E-state index is 0.0490. The minimum atomic E-state index is -0.579.